The molecular formula is C17H20N2O2. The fourth-order valence-corrected chi connectivity index (χ4v) is 1.83. The van der Waals surface area contributed by atoms with Crippen LogP contribution in [0.2, 0.25) is 0 Å². The lowest BCUT2D eigenvalue weighted by atomic mass is 9.97. The lowest BCUT2D eigenvalue weighted by Crippen LogP contribution is -2.32. The number of nitrogens with one attached hydrogen (secondary N) is 1. The summed E-state index contributed by atoms with van der Waals surface area (Å²) >= 11 is 0. The maximum Gasteiger partial charge on any atom is 0.270 e. The molecule has 0 fully saturated rings. The topological polar surface area (TPSA) is 62.2 Å². The number of carbonyl (C=O) groups excluding carboxylic acids is 1. The third-order valence-corrected chi connectivity index (χ3v) is 2.89. The van der Waals surface area contributed by atoms with Crippen LogP contribution < -0.4 is 5.32 Å². The Morgan fingerprint density at radius 2 is 1.86 bits per heavy atom. The molecule has 4 heteroatoms. The van der Waals surface area contributed by atoms with Gasteiger partial charge in [-0.25, -0.2) is 4.98 Å². The number of nitrogens with zero attached hydrogens (tertiary/aromatic N) is 1. The van der Waals surface area contributed by atoms with Crippen molar-refractivity contribution < 1.29 is 9.90 Å². The van der Waals surface area contributed by atoms with Crippen LogP contribution in [-0.4, -0.2) is 22.5 Å². The first-order valence-corrected chi connectivity index (χ1v) is 6.90. The highest BCUT2D eigenvalue weighted by Crippen LogP contribution is 2.22. The summed E-state index contributed by atoms with van der Waals surface area (Å²) in [6.45, 7) is 6.67. The van der Waals surface area contributed by atoms with E-state index in [1.54, 1.807) is 6.07 Å². The zero-order chi connectivity index (χ0) is 15.5. The number of aromatic nitrogens is 1. The Balaban J connectivity index is 2.25. The second-order valence-corrected chi connectivity index (χ2v) is 6.21. The summed E-state index contributed by atoms with van der Waals surface area (Å²) in [6.07, 6.45) is 0. The summed E-state index contributed by atoms with van der Waals surface area (Å²) in [7, 11) is 0. The first kappa shape index (κ1) is 15.0. The van der Waals surface area contributed by atoms with Gasteiger partial charge >= 0.3 is 0 Å². The van der Waals surface area contributed by atoms with Crippen LogP contribution in [0.3, 0.4) is 0 Å². The minimum absolute atomic E-state index is 0.00521. The summed E-state index contributed by atoms with van der Waals surface area (Å²) in [5.41, 5.74) is 1.65. The van der Waals surface area contributed by atoms with Gasteiger partial charge in [0.2, 0.25) is 0 Å². The van der Waals surface area contributed by atoms with Gasteiger partial charge in [0.1, 0.15) is 11.4 Å². The van der Waals surface area contributed by atoms with E-state index < -0.39 is 0 Å². The summed E-state index contributed by atoms with van der Waals surface area (Å²) in [5, 5.41) is 12.6. The fraction of sp³-hybridized carbons (Fsp3) is 0.294. The van der Waals surface area contributed by atoms with Crippen molar-refractivity contribution in [3.8, 4) is 17.0 Å². The van der Waals surface area contributed by atoms with E-state index in [0.717, 1.165) is 5.56 Å². The Morgan fingerprint density at radius 1 is 1.19 bits per heavy atom. The van der Waals surface area contributed by atoms with Gasteiger partial charge in [0.05, 0.1) is 5.69 Å². The SMILES string of the molecule is CC(C)(C)CNC(=O)c1cc(O)cc(-c2ccccc2)n1. The minimum Gasteiger partial charge on any atom is -0.508 e. The molecule has 2 rings (SSSR count). The van der Waals surface area contributed by atoms with Crippen molar-refractivity contribution in [2.45, 2.75) is 20.8 Å². The Morgan fingerprint density at radius 3 is 2.48 bits per heavy atom. The third-order valence-electron chi connectivity index (χ3n) is 2.89. The van der Waals surface area contributed by atoms with Gasteiger partial charge in [-0.3, -0.25) is 4.79 Å². The van der Waals surface area contributed by atoms with Crippen molar-refractivity contribution in [1.29, 1.82) is 0 Å². The third kappa shape index (κ3) is 4.31. The predicted octanol–water partition coefficient (Wildman–Crippen LogP) is 3.23. The number of aromatic hydroxyl groups is 1. The first-order valence-electron chi connectivity index (χ1n) is 6.90. The number of amides is 1. The molecule has 0 bridgehead atoms. The lowest BCUT2D eigenvalue weighted by molar-refractivity contribution is 0.0934. The van der Waals surface area contributed by atoms with Crippen molar-refractivity contribution >= 4 is 5.91 Å². The van der Waals surface area contributed by atoms with Crippen molar-refractivity contribution in [2.75, 3.05) is 6.54 Å². The molecule has 1 aromatic heterocycles. The van der Waals surface area contributed by atoms with Crippen LogP contribution >= 0.6 is 0 Å². The van der Waals surface area contributed by atoms with Gasteiger partial charge in [0.15, 0.2) is 0 Å². The molecule has 0 unspecified atom stereocenters. The molecule has 0 aliphatic heterocycles. The van der Waals surface area contributed by atoms with Crippen LogP contribution in [0.15, 0.2) is 42.5 Å². The quantitative estimate of drug-likeness (QED) is 0.909. The minimum atomic E-state index is -0.280. The van der Waals surface area contributed by atoms with E-state index in [0.29, 0.717) is 12.2 Å². The zero-order valence-electron chi connectivity index (χ0n) is 12.6. The molecule has 1 aromatic carbocycles. The summed E-state index contributed by atoms with van der Waals surface area (Å²) in [4.78, 5) is 16.5. The highest BCUT2D eigenvalue weighted by atomic mass is 16.3. The smallest absolute Gasteiger partial charge is 0.270 e. The number of carbonyl (C=O) groups is 1. The summed E-state index contributed by atoms with van der Waals surface area (Å²) < 4.78 is 0. The van der Waals surface area contributed by atoms with Gasteiger partial charge in [-0.15, -0.1) is 0 Å². The van der Waals surface area contributed by atoms with Crippen molar-refractivity contribution in [3.63, 3.8) is 0 Å². The number of hydrogen-bond acceptors (Lipinski definition) is 3. The van der Waals surface area contributed by atoms with E-state index in [1.165, 1.54) is 6.07 Å². The number of rotatable bonds is 3. The molecule has 21 heavy (non-hydrogen) atoms. The van der Waals surface area contributed by atoms with Crippen LogP contribution in [0.1, 0.15) is 31.3 Å². The van der Waals surface area contributed by atoms with E-state index >= 15 is 0 Å². The molecule has 0 aliphatic rings. The molecule has 0 saturated carbocycles. The largest absolute Gasteiger partial charge is 0.508 e. The molecule has 0 spiro atoms. The highest BCUT2D eigenvalue weighted by Gasteiger charge is 2.15. The Bertz CT molecular complexity index is 631. The van der Waals surface area contributed by atoms with Crippen molar-refractivity contribution in [1.82, 2.24) is 10.3 Å². The van der Waals surface area contributed by atoms with E-state index in [9.17, 15) is 9.90 Å². The second-order valence-electron chi connectivity index (χ2n) is 6.21. The Hall–Kier alpha value is -2.36. The lowest BCUT2D eigenvalue weighted by Gasteiger charge is -2.18. The number of benzene rings is 1. The molecule has 2 N–H and O–H groups in total. The Labute approximate surface area is 124 Å². The van der Waals surface area contributed by atoms with Crippen LogP contribution in [0, 0.1) is 5.41 Å². The second kappa shape index (κ2) is 5.95. The van der Waals surface area contributed by atoms with Crippen LogP contribution in [0.25, 0.3) is 11.3 Å². The molecule has 0 atom stereocenters. The van der Waals surface area contributed by atoms with E-state index in [-0.39, 0.29) is 22.8 Å². The van der Waals surface area contributed by atoms with Crippen LogP contribution in [0.5, 0.6) is 5.75 Å². The number of pyridine rings is 1. The predicted molar refractivity (Wildman–Crippen MR) is 83.1 cm³/mol. The summed E-state index contributed by atoms with van der Waals surface area (Å²) in [6, 6.07) is 12.4. The van der Waals surface area contributed by atoms with Gasteiger partial charge in [-0.05, 0) is 5.41 Å². The summed E-state index contributed by atoms with van der Waals surface area (Å²) in [5.74, 6) is -0.247. The fourth-order valence-electron chi connectivity index (χ4n) is 1.83. The molecule has 1 amide bonds. The monoisotopic (exact) mass is 284 g/mol. The maximum absolute atomic E-state index is 12.1. The average Bonchev–Trinajstić information content (AvgIpc) is 2.44. The standard InChI is InChI=1S/C17H20N2O2/c1-17(2,3)11-18-16(21)15-10-13(20)9-14(19-15)12-7-5-4-6-8-12/h4-10H,11H2,1-3H3,(H,18,21)(H,19,20). The Kier molecular flexibility index (Phi) is 4.26. The molecule has 0 saturated heterocycles. The van der Waals surface area contributed by atoms with E-state index in [2.05, 4.69) is 10.3 Å². The molecule has 2 aromatic rings. The molecule has 0 aliphatic carbocycles. The number of hydrogen-bond donors (Lipinski definition) is 2. The molecule has 4 nitrogen and oxygen atoms in total. The van der Waals surface area contributed by atoms with Gasteiger partial charge < -0.3 is 10.4 Å². The van der Waals surface area contributed by atoms with Gasteiger partial charge in [-0.2, -0.15) is 0 Å². The van der Waals surface area contributed by atoms with E-state index in [1.807, 2.05) is 51.1 Å². The molecule has 1 heterocycles. The molecule has 0 radical (unpaired) electrons. The van der Waals surface area contributed by atoms with E-state index in [4.69, 9.17) is 0 Å². The molecular weight excluding hydrogens is 264 g/mol. The van der Waals surface area contributed by atoms with Crippen LogP contribution in [0.4, 0.5) is 0 Å². The normalized spacial score (nSPS) is 11.2. The van der Waals surface area contributed by atoms with Gasteiger partial charge in [0, 0.05) is 24.2 Å². The highest BCUT2D eigenvalue weighted by molar-refractivity contribution is 5.93. The average molecular weight is 284 g/mol. The zero-order valence-corrected chi connectivity index (χ0v) is 12.6. The van der Waals surface area contributed by atoms with Crippen molar-refractivity contribution in [3.05, 3.63) is 48.2 Å². The van der Waals surface area contributed by atoms with Gasteiger partial charge in [-0.1, -0.05) is 51.1 Å². The van der Waals surface area contributed by atoms with Crippen LogP contribution in [-0.2, 0) is 0 Å². The molecule has 110 valence electrons. The maximum atomic E-state index is 12.1. The van der Waals surface area contributed by atoms with Gasteiger partial charge in [0.25, 0.3) is 5.91 Å². The first-order chi connectivity index (χ1) is 9.85. The van der Waals surface area contributed by atoms with Crippen molar-refractivity contribution in [2.24, 2.45) is 5.41 Å².